The Hall–Kier alpha value is -1.79. The SMILES string of the molecule is O=C(CSc1nccn(-c2ccc(Cl)cc2)c1=O)NC1CCCC1. The summed E-state index contributed by atoms with van der Waals surface area (Å²) in [6, 6.07) is 7.28. The highest BCUT2D eigenvalue weighted by atomic mass is 35.5. The molecule has 1 saturated carbocycles. The lowest BCUT2D eigenvalue weighted by Crippen LogP contribution is -2.34. The number of carbonyl (C=O) groups is 1. The van der Waals surface area contributed by atoms with E-state index in [2.05, 4.69) is 10.3 Å². The maximum atomic E-state index is 12.5. The largest absolute Gasteiger partial charge is 0.353 e. The molecule has 0 saturated heterocycles. The molecule has 1 fully saturated rings. The summed E-state index contributed by atoms with van der Waals surface area (Å²) in [6.45, 7) is 0. The smallest absolute Gasteiger partial charge is 0.287 e. The van der Waals surface area contributed by atoms with Crippen molar-refractivity contribution in [3.8, 4) is 5.69 Å². The van der Waals surface area contributed by atoms with Crippen molar-refractivity contribution in [2.45, 2.75) is 36.8 Å². The number of nitrogens with zero attached hydrogens (tertiary/aromatic N) is 2. The van der Waals surface area contributed by atoms with Crippen molar-refractivity contribution in [1.82, 2.24) is 14.9 Å². The zero-order chi connectivity index (χ0) is 16.9. The third-order valence-electron chi connectivity index (χ3n) is 3.97. The maximum absolute atomic E-state index is 12.5. The highest BCUT2D eigenvalue weighted by molar-refractivity contribution is 7.99. The maximum Gasteiger partial charge on any atom is 0.287 e. The normalized spacial score (nSPS) is 14.7. The van der Waals surface area contributed by atoms with E-state index in [0.717, 1.165) is 12.8 Å². The Morgan fingerprint density at radius 3 is 2.71 bits per heavy atom. The van der Waals surface area contributed by atoms with Crippen LogP contribution in [0.3, 0.4) is 0 Å². The van der Waals surface area contributed by atoms with E-state index < -0.39 is 0 Å². The molecule has 5 nitrogen and oxygen atoms in total. The molecule has 0 bridgehead atoms. The Labute approximate surface area is 149 Å². The molecule has 126 valence electrons. The Morgan fingerprint density at radius 1 is 1.29 bits per heavy atom. The Bertz CT molecular complexity index is 770. The first-order valence-corrected chi connectivity index (χ1v) is 9.25. The lowest BCUT2D eigenvalue weighted by molar-refractivity contribution is -0.119. The third-order valence-corrected chi connectivity index (χ3v) is 5.19. The molecule has 1 N–H and O–H groups in total. The molecule has 1 aromatic heterocycles. The topological polar surface area (TPSA) is 64.0 Å². The van der Waals surface area contributed by atoms with E-state index in [1.807, 2.05) is 0 Å². The third kappa shape index (κ3) is 4.19. The van der Waals surface area contributed by atoms with Gasteiger partial charge < -0.3 is 5.32 Å². The van der Waals surface area contributed by atoms with Gasteiger partial charge in [0.2, 0.25) is 5.91 Å². The molecule has 7 heteroatoms. The first-order valence-electron chi connectivity index (χ1n) is 7.89. The zero-order valence-corrected chi connectivity index (χ0v) is 14.6. The van der Waals surface area contributed by atoms with Gasteiger partial charge in [0.25, 0.3) is 5.56 Å². The molecule has 0 aliphatic heterocycles. The van der Waals surface area contributed by atoms with Crippen LogP contribution in [0.2, 0.25) is 5.02 Å². The molecule has 1 aromatic carbocycles. The molecule has 1 aliphatic rings. The van der Waals surface area contributed by atoms with Gasteiger partial charge in [0, 0.05) is 29.1 Å². The van der Waals surface area contributed by atoms with Gasteiger partial charge >= 0.3 is 0 Å². The van der Waals surface area contributed by atoms with Crippen LogP contribution in [0.4, 0.5) is 0 Å². The van der Waals surface area contributed by atoms with Crippen molar-refractivity contribution in [3.05, 3.63) is 52.0 Å². The van der Waals surface area contributed by atoms with Gasteiger partial charge in [-0.25, -0.2) is 4.98 Å². The molecule has 0 atom stereocenters. The second-order valence-corrected chi connectivity index (χ2v) is 7.12. The summed E-state index contributed by atoms with van der Waals surface area (Å²) in [5.41, 5.74) is 0.475. The monoisotopic (exact) mass is 363 g/mol. The molecule has 24 heavy (non-hydrogen) atoms. The first-order chi connectivity index (χ1) is 11.6. The van der Waals surface area contributed by atoms with E-state index >= 15 is 0 Å². The highest BCUT2D eigenvalue weighted by Crippen LogP contribution is 2.18. The Balaban J connectivity index is 1.68. The fourth-order valence-corrected chi connectivity index (χ4v) is 3.61. The predicted octanol–water partition coefficient (Wildman–Crippen LogP) is 3.04. The average Bonchev–Trinajstić information content (AvgIpc) is 3.08. The van der Waals surface area contributed by atoms with Crippen molar-refractivity contribution < 1.29 is 4.79 Å². The lowest BCUT2D eigenvalue weighted by atomic mass is 10.2. The van der Waals surface area contributed by atoms with E-state index in [9.17, 15) is 9.59 Å². The van der Waals surface area contributed by atoms with E-state index in [0.29, 0.717) is 15.7 Å². The summed E-state index contributed by atoms with van der Waals surface area (Å²) in [5.74, 6) is 0.151. The molecule has 1 aliphatic carbocycles. The van der Waals surface area contributed by atoms with Crippen LogP contribution in [0, 0.1) is 0 Å². The summed E-state index contributed by atoms with van der Waals surface area (Å²) < 4.78 is 1.50. The fourth-order valence-electron chi connectivity index (χ4n) is 2.77. The molecule has 3 rings (SSSR count). The van der Waals surface area contributed by atoms with Crippen LogP contribution < -0.4 is 10.9 Å². The minimum atomic E-state index is -0.238. The first kappa shape index (κ1) is 17.0. The Morgan fingerprint density at radius 2 is 2.00 bits per heavy atom. The average molecular weight is 364 g/mol. The summed E-state index contributed by atoms with van der Waals surface area (Å²) in [4.78, 5) is 28.6. The van der Waals surface area contributed by atoms with E-state index in [1.165, 1.54) is 29.2 Å². The number of thioether (sulfide) groups is 1. The van der Waals surface area contributed by atoms with E-state index in [4.69, 9.17) is 11.6 Å². The van der Waals surface area contributed by atoms with Crippen molar-refractivity contribution >= 4 is 29.3 Å². The second kappa shape index (κ2) is 7.85. The highest BCUT2D eigenvalue weighted by Gasteiger charge is 2.17. The number of hydrogen-bond acceptors (Lipinski definition) is 4. The Kier molecular flexibility index (Phi) is 5.58. The summed E-state index contributed by atoms with van der Waals surface area (Å²) in [5, 5.41) is 3.93. The minimum absolute atomic E-state index is 0.0463. The van der Waals surface area contributed by atoms with E-state index in [-0.39, 0.29) is 23.3 Å². The van der Waals surface area contributed by atoms with Crippen LogP contribution >= 0.6 is 23.4 Å². The quantitative estimate of drug-likeness (QED) is 0.829. The second-order valence-electron chi connectivity index (χ2n) is 5.72. The number of carbonyl (C=O) groups excluding carboxylic acids is 1. The molecule has 0 unspecified atom stereocenters. The number of nitrogens with one attached hydrogen (secondary N) is 1. The van der Waals surface area contributed by atoms with Crippen LogP contribution in [0.5, 0.6) is 0 Å². The molecule has 0 radical (unpaired) electrons. The van der Waals surface area contributed by atoms with Crippen molar-refractivity contribution in [3.63, 3.8) is 0 Å². The predicted molar refractivity (Wildman–Crippen MR) is 96.0 cm³/mol. The number of hydrogen-bond donors (Lipinski definition) is 1. The van der Waals surface area contributed by atoms with Crippen molar-refractivity contribution in [2.75, 3.05) is 5.75 Å². The van der Waals surface area contributed by atoms with Gasteiger partial charge in [-0.15, -0.1) is 0 Å². The summed E-state index contributed by atoms with van der Waals surface area (Å²) >= 11 is 7.04. The van der Waals surface area contributed by atoms with E-state index in [1.54, 1.807) is 36.7 Å². The van der Waals surface area contributed by atoms with Gasteiger partial charge in [0.15, 0.2) is 5.03 Å². The van der Waals surface area contributed by atoms with Gasteiger partial charge in [0.1, 0.15) is 0 Å². The van der Waals surface area contributed by atoms with Crippen molar-refractivity contribution in [2.24, 2.45) is 0 Å². The molecular weight excluding hydrogens is 346 g/mol. The fraction of sp³-hybridized carbons (Fsp3) is 0.353. The molecular formula is C17H18ClN3O2S. The van der Waals surface area contributed by atoms with Gasteiger partial charge in [0.05, 0.1) is 5.75 Å². The summed E-state index contributed by atoms with van der Waals surface area (Å²) in [7, 11) is 0. The molecule has 2 aromatic rings. The van der Waals surface area contributed by atoms with Gasteiger partial charge in [-0.2, -0.15) is 0 Å². The van der Waals surface area contributed by atoms with Gasteiger partial charge in [-0.05, 0) is 37.1 Å². The van der Waals surface area contributed by atoms with Crippen LogP contribution in [-0.4, -0.2) is 27.3 Å². The number of benzene rings is 1. The zero-order valence-electron chi connectivity index (χ0n) is 13.1. The molecule has 1 amide bonds. The lowest BCUT2D eigenvalue weighted by Gasteiger charge is -2.11. The standard InChI is InChI=1S/C17H18ClN3O2S/c18-12-5-7-14(8-6-12)21-10-9-19-16(17(21)23)24-11-15(22)20-13-3-1-2-4-13/h5-10,13H,1-4,11H2,(H,20,22). The van der Waals surface area contributed by atoms with Crippen molar-refractivity contribution in [1.29, 1.82) is 0 Å². The molecule has 0 spiro atoms. The summed E-state index contributed by atoms with van der Waals surface area (Å²) in [6.07, 6.45) is 7.60. The van der Waals surface area contributed by atoms with Gasteiger partial charge in [-0.3, -0.25) is 14.2 Å². The number of halogens is 1. The van der Waals surface area contributed by atoms with Crippen LogP contribution in [-0.2, 0) is 4.79 Å². The number of amides is 1. The van der Waals surface area contributed by atoms with Crippen LogP contribution in [0.1, 0.15) is 25.7 Å². The van der Waals surface area contributed by atoms with Gasteiger partial charge in [-0.1, -0.05) is 36.2 Å². The van der Waals surface area contributed by atoms with Crippen LogP contribution in [0.15, 0.2) is 46.5 Å². The number of rotatable bonds is 5. The van der Waals surface area contributed by atoms with Crippen LogP contribution in [0.25, 0.3) is 5.69 Å². The number of aromatic nitrogens is 2. The minimum Gasteiger partial charge on any atom is -0.353 e. The molecule has 1 heterocycles.